The highest BCUT2D eigenvalue weighted by Gasteiger charge is 2.45. The van der Waals surface area contributed by atoms with Crippen LogP contribution in [0.3, 0.4) is 0 Å². The third kappa shape index (κ3) is 3.65. The molecule has 2 amide bonds. The number of thiophene rings is 1. The molecule has 1 aromatic rings. The van der Waals surface area contributed by atoms with Crippen molar-refractivity contribution in [2.24, 2.45) is 5.92 Å². The van der Waals surface area contributed by atoms with E-state index in [0.29, 0.717) is 23.2 Å². The molecule has 0 aliphatic carbocycles. The van der Waals surface area contributed by atoms with Gasteiger partial charge < -0.3 is 15.4 Å². The summed E-state index contributed by atoms with van der Waals surface area (Å²) < 4.78 is 6.01. The van der Waals surface area contributed by atoms with Gasteiger partial charge in [0.2, 0.25) is 0 Å². The van der Waals surface area contributed by atoms with Crippen molar-refractivity contribution in [3.05, 3.63) is 15.8 Å². The van der Waals surface area contributed by atoms with Crippen LogP contribution in [0, 0.1) is 5.92 Å². The first kappa shape index (κ1) is 15.6. The smallest absolute Gasteiger partial charge is 0.319 e. The van der Waals surface area contributed by atoms with Crippen LogP contribution in [0.25, 0.3) is 0 Å². The molecule has 4 nitrogen and oxygen atoms in total. The van der Waals surface area contributed by atoms with Gasteiger partial charge in [-0.15, -0.1) is 11.3 Å². The molecule has 1 unspecified atom stereocenters. The number of rotatable bonds is 3. The van der Waals surface area contributed by atoms with Gasteiger partial charge in [0.15, 0.2) is 0 Å². The molecule has 20 heavy (non-hydrogen) atoms. The monoisotopic (exact) mass is 316 g/mol. The number of hydrogen-bond donors (Lipinski definition) is 2. The second-order valence-corrected chi connectivity index (χ2v) is 7.49. The molecule has 1 aliphatic rings. The number of carbonyl (C=O) groups is 1. The third-order valence-electron chi connectivity index (χ3n) is 3.63. The second kappa shape index (κ2) is 5.54. The predicted molar refractivity (Wildman–Crippen MR) is 83.7 cm³/mol. The van der Waals surface area contributed by atoms with Crippen molar-refractivity contribution in [1.29, 1.82) is 0 Å². The molecule has 1 fully saturated rings. The van der Waals surface area contributed by atoms with E-state index in [-0.39, 0.29) is 17.2 Å². The normalized spacial score (nSPS) is 23.6. The van der Waals surface area contributed by atoms with Crippen molar-refractivity contribution in [1.82, 2.24) is 5.32 Å². The van der Waals surface area contributed by atoms with Gasteiger partial charge >= 0.3 is 6.03 Å². The first-order valence-electron chi connectivity index (χ1n) is 6.66. The van der Waals surface area contributed by atoms with E-state index in [4.69, 9.17) is 16.3 Å². The van der Waals surface area contributed by atoms with Crippen LogP contribution in [-0.4, -0.2) is 23.8 Å². The van der Waals surface area contributed by atoms with E-state index in [1.807, 2.05) is 5.38 Å². The van der Waals surface area contributed by atoms with E-state index in [1.165, 1.54) is 11.3 Å². The largest absolute Gasteiger partial charge is 0.369 e. The zero-order chi connectivity index (χ0) is 15.0. The Hall–Kier alpha value is -0.780. The van der Waals surface area contributed by atoms with Crippen LogP contribution in [0.5, 0.6) is 0 Å². The number of anilines is 1. The molecule has 0 bridgehead atoms. The Balaban J connectivity index is 1.86. The van der Waals surface area contributed by atoms with Crippen LogP contribution >= 0.6 is 22.9 Å². The van der Waals surface area contributed by atoms with Gasteiger partial charge in [0.1, 0.15) is 0 Å². The molecule has 0 saturated carbocycles. The van der Waals surface area contributed by atoms with Crippen LogP contribution in [0.1, 0.15) is 34.1 Å². The molecule has 1 aliphatic heterocycles. The highest BCUT2D eigenvalue weighted by molar-refractivity contribution is 7.09. The first-order chi connectivity index (χ1) is 9.20. The molecule has 1 aromatic heterocycles. The van der Waals surface area contributed by atoms with Gasteiger partial charge in [-0.05, 0) is 34.1 Å². The quantitative estimate of drug-likeness (QED) is 0.881. The summed E-state index contributed by atoms with van der Waals surface area (Å²) >= 11 is 7.40. The third-order valence-corrected chi connectivity index (χ3v) is 4.82. The lowest BCUT2D eigenvalue weighted by atomic mass is 9.87. The summed E-state index contributed by atoms with van der Waals surface area (Å²) in [5.41, 5.74) is 0.288. The van der Waals surface area contributed by atoms with E-state index in [9.17, 15) is 4.79 Å². The van der Waals surface area contributed by atoms with Gasteiger partial charge in [0, 0.05) is 23.2 Å². The zero-order valence-electron chi connectivity index (χ0n) is 12.2. The second-order valence-electron chi connectivity index (χ2n) is 6.33. The van der Waals surface area contributed by atoms with Crippen molar-refractivity contribution >= 4 is 34.7 Å². The van der Waals surface area contributed by atoms with Gasteiger partial charge in [0.05, 0.1) is 21.9 Å². The lowest BCUT2D eigenvalue weighted by molar-refractivity contribution is -0.0740. The van der Waals surface area contributed by atoms with Gasteiger partial charge in [0.25, 0.3) is 0 Å². The summed E-state index contributed by atoms with van der Waals surface area (Å²) in [7, 11) is 0. The molecule has 6 heteroatoms. The fourth-order valence-corrected chi connectivity index (χ4v) is 3.70. The summed E-state index contributed by atoms with van der Waals surface area (Å²) in [5, 5.41) is 9.81. The summed E-state index contributed by atoms with van der Waals surface area (Å²) in [5.74, 6) is 0.293. The minimum absolute atomic E-state index is 0.136. The number of ether oxygens (including phenoxy) is 1. The van der Waals surface area contributed by atoms with E-state index in [1.54, 1.807) is 5.38 Å². The molecule has 1 atom stereocenters. The Morgan fingerprint density at radius 1 is 1.45 bits per heavy atom. The first-order valence-corrected chi connectivity index (χ1v) is 7.98. The average molecular weight is 317 g/mol. The Labute approximate surface area is 128 Å². The molecule has 2 heterocycles. The van der Waals surface area contributed by atoms with Crippen LogP contribution in [0.15, 0.2) is 10.8 Å². The standard InChI is InChI=1S/C14H21ClN2O2S/c1-13(2)5-9(14(3,4)19-13)6-16-12(18)17-11-8-20-7-10(11)15/h7-9H,5-6H2,1-4H3,(H2,16,17,18). The lowest BCUT2D eigenvalue weighted by Crippen LogP contribution is -2.39. The molecule has 2 rings (SSSR count). The Morgan fingerprint density at radius 3 is 2.65 bits per heavy atom. The Kier molecular flexibility index (Phi) is 4.33. The number of carbonyl (C=O) groups excluding carboxylic acids is 1. The Bertz CT molecular complexity index is 499. The summed E-state index contributed by atoms with van der Waals surface area (Å²) in [4.78, 5) is 11.9. The van der Waals surface area contributed by atoms with Crippen molar-refractivity contribution < 1.29 is 9.53 Å². The number of amides is 2. The number of hydrogen-bond acceptors (Lipinski definition) is 3. The molecular weight excluding hydrogens is 296 g/mol. The number of urea groups is 1. The topological polar surface area (TPSA) is 50.4 Å². The van der Waals surface area contributed by atoms with Crippen molar-refractivity contribution in [2.45, 2.75) is 45.3 Å². The average Bonchev–Trinajstić information content (AvgIpc) is 2.77. The molecule has 1 saturated heterocycles. The maximum Gasteiger partial charge on any atom is 0.319 e. The molecule has 0 spiro atoms. The Morgan fingerprint density at radius 2 is 2.15 bits per heavy atom. The van der Waals surface area contributed by atoms with E-state index in [2.05, 4.69) is 38.3 Å². The fraction of sp³-hybridized carbons (Fsp3) is 0.643. The van der Waals surface area contributed by atoms with Crippen LogP contribution < -0.4 is 10.6 Å². The highest BCUT2D eigenvalue weighted by Crippen LogP contribution is 2.41. The maximum absolute atomic E-state index is 11.9. The fourth-order valence-electron chi connectivity index (χ4n) is 2.75. The molecule has 2 N–H and O–H groups in total. The van der Waals surface area contributed by atoms with Crippen LogP contribution in [0.4, 0.5) is 10.5 Å². The number of halogens is 1. The zero-order valence-corrected chi connectivity index (χ0v) is 13.8. The van der Waals surface area contributed by atoms with Crippen molar-refractivity contribution in [3.63, 3.8) is 0 Å². The number of nitrogens with one attached hydrogen (secondary N) is 2. The van der Waals surface area contributed by atoms with E-state index >= 15 is 0 Å². The molecule has 0 aromatic carbocycles. The van der Waals surface area contributed by atoms with Gasteiger partial charge in [-0.1, -0.05) is 11.6 Å². The summed E-state index contributed by atoms with van der Waals surface area (Å²) in [6.07, 6.45) is 0.930. The summed E-state index contributed by atoms with van der Waals surface area (Å²) in [6.45, 7) is 8.90. The van der Waals surface area contributed by atoms with Crippen molar-refractivity contribution in [3.8, 4) is 0 Å². The highest BCUT2D eigenvalue weighted by atomic mass is 35.5. The van der Waals surface area contributed by atoms with E-state index < -0.39 is 0 Å². The molecular formula is C14H21ClN2O2S. The lowest BCUT2D eigenvalue weighted by Gasteiger charge is -2.27. The van der Waals surface area contributed by atoms with Gasteiger partial charge in [-0.25, -0.2) is 4.79 Å². The van der Waals surface area contributed by atoms with Crippen molar-refractivity contribution in [2.75, 3.05) is 11.9 Å². The summed E-state index contributed by atoms with van der Waals surface area (Å²) in [6, 6.07) is -0.231. The maximum atomic E-state index is 11.9. The SMILES string of the molecule is CC1(C)CC(CNC(=O)Nc2cscc2Cl)C(C)(C)O1. The minimum Gasteiger partial charge on any atom is -0.369 e. The van der Waals surface area contributed by atoms with Crippen LogP contribution in [0.2, 0.25) is 5.02 Å². The predicted octanol–water partition coefficient (Wildman–Crippen LogP) is 4.12. The van der Waals surface area contributed by atoms with Gasteiger partial charge in [-0.2, -0.15) is 0 Å². The van der Waals surface area contributed by atoms with Crippen LogP contribution in [-0.2, 0) is 4.74 Å². The van der Waals surface area contributed by atoms with E-state index in [0.717, 1.165) is 6.42 Å². The molecule has 112 valence electrons. The van der Waals surface area contributed by atoms with Gasteiger partial charge in [-0.3, -0.25) is 0 Å². The molecule has 0 radical (unpaired) electrons. The minimum atomic E-state index is -0.231.